The minimum atomic E-state index is -0.370. The van der Waals surface area contributed by atoms with Crippen LogP contribution in [-0.2, 0) is 0 Å². The monoisotopic (exact) mass is 211 g/mol. The van der Waals surface area contributed by atoms with Gasteiger partial charge in [0.25, 0.3) is 0 Å². The summed E-state index contributed by atoms with van der Waals surface area (Å²) in [7, 11) is 0. The fraction of sp³-hybridized carbons (Fsp3) is 0.300. The summed E-state index contributed by atoms with van der Waals surface area (Å²) in [6.45, 7) is 3.77. The standard InChI is InChI=1S/C10H10FNOS/c1-7(2)13-10-4-3-8(11)5-9(10)12-6-14/h3-5,7H,1-2H3. The first-order chi connectivity index (χ1) is 6.63. The van der Waals surface area contributed by atoms with E-state index in [0.717, 1.165) is 0 Å². The zero-order chi connectivity index (χ0) is 10.6. The summed E-state index contributed by atoms with van der Waals surface area (Å²) in [4.78, 5) is 3.72. The molecule has 1 aromatic carbocycles. The Kier molecular flexibility index (Phi) is 3.74. The second-order valence-corrected chi connectivity index (χ2v) is 3.16. The van der Waals surface area contributed by atoms with E-state index in [0.29, 0.717) is 11.4 Å². The first kappa shape index (κ1) is 10.8. The number of rotatable bonds is 3. The van der Waals surface area contributed by atoms with Crippen LogP contribution in [0.15, 0.2) is 23.2 Å². The molecule has 0 amide bonds. The van der Waals surface area contributed by atoms with Crippen molar-refractivity contribution < 1.29 is 9.13 Å². The highest BCUT2D eigenvalue weighted by atomic mass is 32.1. The molecule has 0 spiro atoms. The average Bonchev–Trinajstić information content (AvgIpc) is 2.09. The van der Waals surface area contributed by atoms with Crippen molar-refractivity contribution in [3.05, 3.63) is 24.0 Å². The quantitative estimate of drug-likeness (QED) is 0.565. The molecule has 0 fully saturated rings. The van der Waals surface area contributed by atoms with Gasteiger partial charge in [-0.2, -0.15) is 4.99 Å². The van der Waals surface area contributed by atoms with E-state index in [1.807, 2.05) is 13.8 Å². The van der Waals surface area contributed by atoms with Crippen LogP contribution in [0.5, 0.6) is 5.75 Å². The summed E-state index contributed by atoms with van der Waals surface area (Å²) in [5.41, 5.74) is 0.369. The molecule has 14 heavy (non-hydrogen) atoms. The number of nitrogens with zero attached hydrogens (tertiary/aromatic N) is 1. The van der Waals surface area contributed by atoms with E-state index < -0.39 is 0 Å². The molecule has 0 aliphatic rings. The van der Waals surface area contributed by atoms with Crippen LogP contribution >= 0.6 is 12.2 Å². The Morgan fingerprint density at radius 2 is 2.21 bits per heavy atom. The van der Waals surface area contributed by atoms with Crippen molar-refractivity contribution >= 4 is 23.1 Å². The van der Waals surface area contributed by atoms with Crippen molar-refractivity contribution in [3.8, 4) is 5.75 Å². The van der Waals surface area contributed by atoms with Gasteiger partial charge >= 0.3 is 0 Å². The Bertz CT molecular complexity index is 372. The maximum absolute atomic E-state index is 12.8. The average molecular weight is 211 g/mol. The molecule has 74 valence electrons. The smallest absolute Gasteiger partial charge is 0.146 e. The summed E-state index contributed by atoms with van der Waals surface area (Å²) in [6, 6.07) is 4.11. The van der Waals surface area contributed by atoms with Crippen LogP contribution in [0.25, 0.3) is 0 Å². The molecule has 0 atom stereocenters. The van der Waals surface area contributed by atoms with Crippen LogP contribution in [0, 0.1) is 5.82 Å². The molecule has 0 aromatic heterocycles. The van der Waals surface area contributed by atoms with Crippen molar-refractivity contribution in [2.75, 3.05) is 0 Å². The fourth-order valence-corrected chi connectivity index (χ4v) is 1.08. The van der Waals surface area contributed by atoms with Gasteiger partial charge in [-0.3, -0.25) is 0 Å². The summed E-state index contributed by atoms with van der Waals surface area (Å²) in [6.07, 6.45) is 0.0135. The Labute approximate surface area is 87.4 Å². The molecule has 1 rings (SSSR count). The fourth-order valence-electron chi connectivity index (χ4n) is 0.981. The van der Waals surface area contributed by atoms with Gasteiger partial charge in [-0.05, 0) is 38.2 Å². The second kappa shape index (κ2) is 4.84. The van der Waals surface area contributed by atoms with Gasteiger partial charge in [0.15, 0.2) is 0 Å². The Morgan fingerprint density at radius 3 is 2.79 bits per heavy atom. The van der Waals surface area contributed by atoms with Crippen molar-refractivity contribution in [1.29, 1.82) is 0 Å². The highest BCUT2D eigenvalue weighted by Gasteiger charge is 2.05. The lowest BCUT2D eigenvalue weighted by Crippen LogP contribution is -2.05. The van der Waals surface area contributed by atoms with Crippen molar-refractivity contribution in [2.24, 2.45) is 4.99 Å². The van der Waals surface area contributed by atoms with E-state index in [2.05, 4.69) is 22.4 Å². The van der Waals surface area contributed by atoms with Crippen LogP contribution in [0.3, 0.4) is 0 Å². The minimum absolute atomic E-state index is 0.0135. The molecule has 0 N–H and O–H groups in total. The lowest BCUT2D eigenvalue weighted by Gasteiger charge is -2.10. The number of halogens is 1. The maximum Gasteiger partial charge on any atom is 0.146 e. The lowest BCUT2D eigenvalue weighted by atomic mass is 10.3. The Morgan fingerprint density at radius 1 is 1.50 bits per heavy atom. The van der Waals surface area contributed by atoms with Crippen LogP contribution in [0.2, 0.25) is 0 Å². The lowest BCUT2D eigenvalue weighted by molar-refractivity contribution is 0.243. The van der Waals surface area contributed by atoms with Gasteiger partial charge < -0.3 is 4.74 Å². The zero-order valence-corrected chi connectivity index (χ0v) is 8.77. The number of benzene rings is 1. The van der Waals surface area contributed by atoms with Crippen LogP contribution in [0.4, 0.5) is 10.1 Å². The van der Waals surface area contributed by atoms with E-state index in [4.69, 9.17) is 4.74 Å². The normalized spacial score (nSPS) is 9.71. The molecular formula is C10H10FNOS. The maximum atomic E-state index is 12.8. The molecule has 0 aliphatic heterocycles. The van der Waals surface area contributed by atoms with Gasteiger partial charge in [0.1, 0.15) is 17.3 Å². The summed E-state index contributed by atoms with van der Waals surface area (Å²) in [5, 5.41) is 2.19. The predicted octanol–water partition coefficient (Wildman–Crippen LogP) is 3.35. The molecule has 0 radical (unpaired) electrons. The molecule has 0 aliphatic carbocycles. The highest BCUT2D eigenvalue weighted by molar-refractivity contribution is 7.78. The van der Waals surface area contributed by atoms with Gasteiger partial charge in [-0.15, -0.1) is 0 Å². The first-order valence-electron chi connectivity index (χ1n) is 4.17. The molecule has 0 saturated carbocycles. The van der Waals surface area contributed by atoms with Gasteiger partial charge in [-0.1, -0.05) is 0 Å². The third-order valence-electron chi connectivity index (χ3n) is 1.45. The molecule has 0 heterocycles. The number of ether oxygens (including phenoxy) is 1. The number of thiocarbonyl (C=S) groups is 1. The van der Waals surface area contributed by atoms with Gasteiger partial charge in [0, 0.05) is 6.07 Å². The largest absolute Gasteiger partial charge is 0.489 e. The number of aliphatic imine (C=N–C) groups is 1. The molecular weight excluding hydrogens is 201 g/mol. The molecule has 0 bridgehead atoms. The molecule has 0 saturated heterocycles. The minimum Gasteiger partial charge on any atom is -0.489 e. The van der Waals surface area contributed by atoms with E-state index in [-0.39, 0.29) is 11.9 Å². The Hall–Kier alpha value is -1.25. The predicted molar refractivity (Wildman–Crippen MR) is 56.9 cm³/mol. The summed E-state index contributed by atoms with van der Waals surface area (Å²) >= 11 is 4.46. The van der Waals surface area contributed by atoms with Crippen LogP contribution in [-0.4, -0.2) is 11.3 Å². The van der Waals surface area contributed by atoms with Gasteiger partial charge in [-0.25, -0.2) is 4.39 Å². The first-order valence-corrected chi connectivity index (χ1v) is 4.58. The number of hydrogen-bond donors (Lipinski definition) is 0. The van der Waals surface area contributed by atoms with Crippen LogP contribution in [0.1, 0.15) is 13.8 Å². The van der Waals surface area contributed by atoms with E-state index in [9.17, 15) is 4.39 Å². The summed E-state index contributed by atoms with van der Waals surface area (Å²) < 4.78 is 18.2. The number of hydrogen-bond acceptors (Lipinski definition) is 3. The molecule has 4 heteroatoms. The van der Waals surface area contributed by atoms with Gasteiger partial charge in [0.05, 0.1) is 11.3 Å². The van der Waals surface area contributed by atoms with E-state index in [1.165, 1.54) is 18.2 Å². The SMILES string of the molecule is CC(C)Oc1ccc(F)cc1N=C=S. The van der Waals surface area contributed by atoms with Crippen LogP contribution < -0.4 is 4.74 Å². The molecule has 2 nitrogen and oxygen atoms in total. The van der Waals surface area contributed by atoms with E-state index in [1.54, 1.807) is 0 Å². The highest BCUT2D eigenvalue weighted by Crippen LogP contribution is 2.28. The second-order valence-electron chi connectivity index (χ2n) is 2.98. The number of isothiocyanates is 1. The molecule has 1 aromatic rings. The third-order valence-corrected chi connectivity index (χ3v) is 1.54. The van der Waals surface area contributed by atoms with Crippen molar-refractivity contribution in [1.82, 2.24) is 0 Å². The third kappa shape index (κ3) is 2.91. The topological polar surface area (TPSA) is 21.6 Å². The zero-order valence-electron chi connectivity index (χ0n) is 7.95. The Balaban J connectivity index is 3.07. The van der Waals surface area contributed by atoms with Crippen molar-refractivity contribution in [3.63, 3.8) is 0 Å². The summed E-state index contributed by atoms with van der Waals surface area (Å²) in [5.74, 6) is 0.142. The van der Waals surface area contributed by atoms with Gasteiger partial charge in [0.2, 0.25) is 0 Å². The van der Waals surface area contributed by atoms with E-state index >= 15 is 0 Å². The van der Waals surface area contributed by atoms with Crippen molar-refractivity contribution in [2.45, 2.75) is 20.0 Å². The molecule has 0 unspecified atom stereocenters.